The number of nitrogens with zero attached hydrogens (tertiary/aromatic N) is 2. The average Bonchev–Trinajstić information content (AvgIpc) is 2.76. The van der Waals surface area contributed by atoms with Crippen LogP contribution in [-0.4, -0.2) is 52.0 Å². The van der Waals surface area contributed by atoms with Crippen LogP contribution in [0.25, 0.3) is 0 Å². The summed E-state index contributed by atoms with van der Waals surface area (Å²) in [6.45, 7) is 5.30. The van der Waals surface area contributed by atoms with Crippen LogP contribution in [0, 0.1) is 11.6 Å². The summed E-state index contributed by atoms with van der Waals surface area (Å²) < 4.78 is 39.1. The van der Waals surface area contributed by atoms with Crippen molar-refractivity contribution in [2.24, 2.45) is 4.99 Å². The first kappa shape index (κ1) is 21.8. The number of ether oxygens (including phenoxy) is 2. The molecule has 30 heavy (non-hydrogen) atoms. The number of hydrogen-bond donors (Lipinski definition) is 2. The fourth-order valence-corrected chi connectivity index (χ4v) is 3.17. The Morgan fingerprint density at radius 1 is 1.13 bits per heavy atom. The fourth-order valence-electron chi connectivity index (χ4n) is 3.17. The molecule has 3 rings (SSSR count). The number of aliphatic imine (C=N–C) groups is 1. The molecule has 1 fully saturated rings. The summed E-state index contributed by atoms with van der Waals surface area (Å²) in [5.74, 6) is 0.127. The van der Waals surface area contributed by atoms with Gasteiger partial charge in [0.25, 0.3) is 0 Å². The molecule has 0 radical (unpaired) electrons. The van der Waals surface area contributed by atoms with Gasteiger partial charge in [-0.05, 0) is 36.8 Å². The summed E-state index contributed by atoms with van der Waals surface area (Å²) in [6, 6.07) is 11.5. The summed E-state index contributed by atoms with van der Waals surface area (Å²) >= 11 is 0. The molecule has 0 aliphatic carbocycles. The van der Waals surface area contributed by atoms with E-state index in [9.17, 15) is 8.78 Å². The molecule has 8 heteroatoms. The van der Waals surface area contributed by atoms with E-state index in [0.717, 1.165) is 5.56 Å². The molecule has 0 aromatic heterocycles. The smallest absolute Gasteiger partial charge is 0.191 e. The van der Waals surface area contributed by atoms with Gasteiger partial charge in [-0.25, -0.2) is 8.78 Å². The van der Waals surface area contributed by atoms with E-state index in [1.807, 2.05) is 17.9 Å². The largest absolute Gasteiger partial charge is 0.486 e. The van der Waals surface area contributed by atoms with Gasteiger partial charge in [-0.15, -0.1) is 0 Å². The molecular formula is C22H28F2N4O2. The lowest BCUT2D eigenvalue weighted by Gasteiger charge is -2.29. The highest BCUT2D eigenvalue weighted by atomic mass is 19.1. The number of rotatable bonds is 7. The molecule has 1 heterocycles. The molecule has 1 unspecified atom stereocenters. The summed E-state index contributed by atoms with van der Waals surface area (Å²) in [7, 11) is 1.65. The second-order valence-corrected chi connectivity index (χ2v) is 7.05. The highest BCUT2D eigenvalue weighted by Crippen LogP contribution is 2.21. The van der Waals surface area contributed by atoms with Gasteiger partial charge >= 0.3 is 0 Å². The Balaban J connectivity index is 1.48. The predicted molar refractivity (Wildman–Crippen MR) is 114 cm³/mol. The Bertz CT molecular complexity index is 857. The average molecular weight is 418 g/mol. The first-order valence-electron chi connectivity index (χ1n) is 10.0. The molecule has 0 amide bonds. The summed E-state index contributed by atoms with van der Waals surface area (Å²) in [5.41, 5.74) is 1.41. The first-order chi connectivity index (χ1) is 14.6. The number of hydrogen-bond acceptors (Lipinski definition) is 4. The fraction of sp³-hybridized carbons (Fsp3) is 0.409. The highest BCUT2D eigenvalue weighted by molar-refractivity contribution is 5.79. The molecule has 1 atom stereocenters. The Morgan fingerprint density at radius 3 is 2.60 bits per heavy atom. The van der Waals surface area contributed by atoms with Crippen LogP contribution in [0.15, 0.2) is 47.5 Å². The van der Waals surface area contributed by atoms with E-state index in [4.69, 9.17) is 9.47 Å². The van der Waals surface area contributed by atoms with Gasteiger partial charge in [-0.2, -0.15) is 0 Å². The van der Waals surface area contributed by atoms with Crippen molar-refractivity contribution in [3.05, 3.63) is 59.7 Å². The number of halogens is 2. The maximum Gasteiger partial charge on any atom is 0.191 e. The minimum absolute atomic E-state index is 0.213. The van der Waals surface area contributed by atoms with Gasteiger partial charge in [0.2, 0.25) is 0 Å². The third-order valence-corrected chi connectivity index (χ3v) is 4.77. The Hall–Kier alpha value is -2.87. The maximum absolute atomic E-state index is 14.5. The van der Waals surface area contributed by atoms with Crippen LogP contribution in [-0.2, 0) is 11.3 Å². The van der Waals surface area contributed by atoms with Gasteiger partial charge in [0, 0.05) is 26.7 Å². The van der Waals surface area contributed by atoms with Crippen LogP contribution >= 0.6 is 0 Å². The molecule has 0 bridgehead atoms. The van der Waals surface area contributed by atoms with E-state index in [1.165, 1.54) is 12.1 Å². The monoisotopic (exact) mass is 418 g/mol. The van der Waals surface area contributed by atoms with Gasteiger partial charge in [-0.3, -0.25) is 4.99 Å². The quantitative estimate of drug-likeness (QED) is 0.535. The molecule has 2 aromatic rings. The standard InChI is InChI=1S/C22H28F2N4O2/c1-16(30-21-6-4-3-5-18(21)23)14-26-22(25-2)27-15-17-7-8-20(19(24)13-17)28-9-11-29-12-10-28/h3-8,13,16H,9-12,14-15H2,1-2H3,(H2,25,26,27). The van der Waals surface area contributed by atoms with E-state index in [0.29, 0.717) is 51.0 Å². The van der Waals surface area contributed by atoms with Crippen molar-refractivity contribution < 1.29 is 18.3 Å². The van der Waals surface area contributed by atoms with Gasteiger partial charge in [0.1, 0.15) is 11.9 Å². The second-order valence-electron chi connectivity index (χ2n) is 7.05. The topological polar surface area (TPSA) is 58.1 Å². The zero-order valence-corrected chi connectivity index (χ0v) is 17.3. The number of para-hydroxylation sites is 1. The van der Waals surface area contributed by atoms with Crippen molar-refractivity contribution in [3.63, 3.8) is 0 Å². The molecule has 0 spiro atoms. The van der Waals surface area contributed by atoms with Gasteiger partial charge in [-0.1, -0.05) is 18.2 Å². The maximum atomic E-state index is 14.5. The molecule has 0 saturated carbocycles. The number of benzene rings is 2. The zero-order valence-electron chi connectivity index (χ0n) is 17.3. The molecule has 1 aliphatic rings. The molecule has 6 nitrogen and oxygen atoms in total. The Labute approximate surface area is 175 Å². The van der Waals surface area contributed by atoms with E-state index in [1.54, 1.807) is 31.3 Å². The van der Waals surface area contributed by atoms with E-state index in [-0.39, 0.29) is 17.7 Å². The van der Waals surface area contributed by atoms with Crippen LogP contribution in [0.3, 0.4) is 0 Å². The van der Waals surface area contributed by atoms with E-state index >= 15 is 0 Å². The minimum atomic E-state index is -0.394. The van der Waals surface area contributed by atoms with Crippen LogP contribution in [0.4, 0.5) is 14.5 Å². The highest BCUT2D eigenvalue weighted by Gasteiger charge is 2.15. The number of anilines is 1. The molecule has 2 N–H and O–H groups in total. The second kappa shape index (κ2) is 10.8. The van der Waals surface area contributed by atoms with Gasteiger partial charge < -0.3 is 25.0 Å². The lowest BCUT2D eigenvalue weighted by molar-refractivity contribution is 0.122. The Kier molecular flexibility index (Phi) is 7.84. The van der Waals surface area contributed by atoms with Gasteiger partial charge in [0.15, 0.2) is 17.5 Å². The van der Waals surface area contributed by atoms with Crippen molar-refractivity contribution >= 4 is 11.6 Å². The van der Waals surface area contributed by atoms with Crippen molar-refractivity contribution in [1.82, 2.24) is 10.6 Å². The third-order valence-electron chi connectivity index (χ3n) is 4.77. The number of nitrogens with one attached hydrogen (secondary N) is 2. The van der Waals surface area contributed by atoms with Crippen molar-refractivity contribution in [1.29, 1.82) is 0 Å². The molecule has 1 saturated heterocycles. The van der Waals surface area contributed by atoms with Crippen LogP contribution < -0.4 is 20.3 Å². The number of morpholine rings is 1. The lowest BCUT2D eigenvalue weighted by atomic mass is 10.1. The number of guanidine groups is 1. The molecular weight excluding hydrogens is 390 g/mol. The first-order valence-corrected chi connectivity index (χ1v) is 10.0. The lowest BCUT2D eigenvalue weighted by Crippen LogP contribution is -2.41. The summed E-state index contributed by atoms with van der Waals surface area (Å²) in [4.78, 5) is 6.16. The molecule has 162 valence electrons. The SMILES string of the molecule is CN=C(NCc1ccc(N2CCOCC2)c(F)c1)NCC(C)Oc1ccccc1F. The normalized spacial score (nSPS) is 15.6. The van der Waals surface area contributed by atoms with Crippen LogP contribution in [0.2, 0.25) is 0 Å². The predicted octanol–water partition coefficient (Wildman–Crippen LogP) is 2.93. The van der Waals surface area contributed by atoms with Crippen LogP contribution in [0.5, 0.6) is 5.75 Å². The summed E-state index contributed by atoms with van der Waals surface area (Å²) in [6.07, 6.45) is -0.272. The zero-order chi connectivity index (χ0) is 21.3. The van der Waals surface area contributed by atoms with Crippen molar-refractivity contribution in [2.45, 2.75) is 19.6 Å². The third kappa shape index (κ3) is 6.06. The van der Waals surface area contributed by atoms with Crippen LogP contribution in [0.1, 0.15) is 12.5 Å². The van der Waals surface area contributed by atoms with Crippen molar-refractivity contribution in [2.75, 3.05) is 44.8 Å². The Morgan fingerprint density at radius 2 is 1.90 bits per heavy atom. The van der Waals surface area contributed by atoms with E-state index in [2.05, 4.69) is 15.6 Å². The minimum Gasteiger partial charge on any atom is -0.486 e. The molecule has 1 aliphatic heterocycles. The molecule has 2 aromatic carbocycles. The van der Waals surface area contributed by atoms with Crippen molar-refractivity contribution in [3.8, 4) is 5.75 Å². The summed E-state index contributed by atoms with van der Waals surface area (Å²) in [5, 5.41) is 6.28. The van der Waals surface area contributed by atoms with Gasteiger partial charge in [0.05, 0.1) is 25.4 Å². The van der Waals surface area contributed by atoms with E-state index < -0.39 is 5.82 Å².